The highest BCUT2D eigenvalue weighted by molar-refractivity contribution is 9.10. The van der Waals surface area contributed by atoms with Gasteiger partial charge in [-0.25, -0.2) is 9.97 Å². The van der Waals surface area contributed by atoms with Gasteiger partial charge in [-0.15, -0.1) is 11.3 Å². The minimum Gasteiger partial charge on any atom is -0.389 e. The van der Waals surface area contributed by atoms with E-state index < -0.39 is 6.10 Å². The monoisotopic (exact) mass is 298 g/mol. The highest BCUT2D eigenvalue weighted by Crippen LogP contribution is 2.28. The average Bonchev–Trinajstić information content (AvgIpc) is 2.64. The number of rotatable bonds is 2. The SMILES string of the molecule is Cc1nc(-c2cc(Br)cs2)ncc1[C@H](C)O. The maximum atomic E-state index is 9.49. The minimum absolute atomic E-state index is 0.524. The maximum Gasteiger partial charge on any atom is 0.169 e. The first-order chi connectivity index (χ1) is 7.58. The molecule has 1 atom stereocenters. The molecule has 16 heavy (non-hydrogen) atoms. The third kappa shape index (κ3) is 2.31. The zero-order valence-electron chi connectivity index (χ0n) is 8.94. The molecule has 1 N–H and O–H groups in total. The molecule has 0 unspecified atom stereocenters. The van der Waals surface area contributed by atoms with Crippen LogP contribution in [0.3, 0.4) is 0 Å². The van der Waals surface area contributed by atoms with Crippen LogP contribution in [0.15, 0.2) is 22.1 Å². The molecule has 0 bridgehead atoms. The molecule has 2 aromatic heterocycles. The lowest BCUT2D eigenvalue weighted by molar-refractivity contribution is 0.197. The van der Waals surface area contributed by atoms with E-state index in [0.717, 1.165) is 20.6 Å². The predicted octanol–water partition coefficient (Wildman–Crippen LogP) is 3.33. The first kappa shape index (κ1) is 11.7. The fourth-order valence-electron chi connectivity index (χ4n) is 1.44. The summed E-state index contributed by atoms with van der Waals surface area (Å²) >= 11 is 4.99. The van der Waals surface area contributed by atoms with Crippen LogP contribution >= 0.6 is 27.3 Å². The standard InChI is InChI=1S/C11H11BrN2OS/c1-6-9(7(2)15)4-13-11(14-6)10-3-8(12)5-16-10/h3-5,7,15H,1-2H3/t7-/m0/s1. The van der Waals surface area contributed by atoms with E-state index in [9.17, 15) is 5.11 Å². The molecule has 2 aromatic rings. The summed E-state index contributed by atoms with van der Waals surface area (Å²) in [6, 6.07) is 1.99. The molecule has 2 heterocycles. The van der Waals surface area contributed by atoms with Gasteiger partial charge in [0.2, 0.25) is 0 Å². The molecule has 0 fully saturated rings. The first-order valence-electron chi connectivity index (χ1n) is 4.84. The Balaban J connectivity index is 2.42. The van der Waals surface area contributed by atoms with Gasteiger partial charge in [0, 0.05) is 27.3 Å². The van der Waals surface area contributed by atoms with Crippen molar-refractivity contribution in [2.24, 2.45) is 0 Å². The molecule has 0 aliphatic heterocycles. The molecule has 84 valence electrons. The number of hydrogen-bond donors (Lipinski definition) is 1. The van der Waals surface area contributed by atoms with Crippen LogP contribution in [0.2, 0.25) is 0 Å². The molecular weight excluding hydrogens is 288 g/mol. The number of halogens is 1. The summed E-state index contributed by atoms with van der Waals surface area (Å²) in [7, 11) is 0. The Morgan fingerprint density at radius 3 is 2.75 bits per heavy atom. The van der Waals surface area contributed by atoms with Crippen molar-refractivity contribution in [3.05, 3.63) is 33.4 Å². The van der Waals surface area contributed by atoms with Crippen LogP contribution in [0.25, 0.3) is 10.7 Å². The van der Waals surface area contributed by atoms with Gasteiger partial charge < -0.3 is 5.11 Å². The third-order valence-electron chi connectivity index (χ3n) is 2.26. The number of hydrogen-bond acceptors (Lipinski definition) is 4. The zero-order valence-corrected chi connectivity index (χ0v) is 11.3. The van der Waals surface area contributed by atoms with Gasteiger partial charge in [-0.2, -0.15) is 0 Å². The quantitative estimate of drug-likeness (QED) is 0.925. The number of aromatic nitrogens is 2. The third-order valence-corrected chi connectivity index (χ3v) is 3.94. The van der Waals surface area contributed by atoms with E-state index in [1.165, 1.54) is 0 Å². The van der Waals surface area contributed by atoms with Gasteiger partial charge in [0.05, 0.1) is 11.0 Å². The van der Waals surface area contributed by atoms with Crippen LogP contribution in [0, 0.1) is 6.92 Å². The van der Waals surface area contributed by atoms with Crippen molar-refractivity contribution in [3.8, 4) is 10.7 Å². The fraction of sp³-hybridized carbons (Fsp3) is 0.273. The Bertz CT molecular complexity index is 510. The smallest absolute Gasteiger partial charge is 0.169 e. The largest absolute Gasteiger partial charge is 0.389 e. The molecule has 0 aliphatic carbocycles. The number of aliphatic hydroxyl groups excluding tert-OH is 1. The van der Waals surface area contributed by atoms with Crippen molar-refractivity contribution in [2.45, 2.75) is 20.0 Å². The van der Waals surface area contributed by atoms with E-state index in [1.807, 2.05) is 18.4 Å². The molecule has 0 aliphatic rings. The molecule has 0 radical (unpaired) electrons. The highest BCUT2D eigenvalue weighted by atomic mass is 79.9. The number of aryl methyl sites for hydroxylation is 1. The van der Waals surface area contributed by atoms with E-state index in [4.69, 9.17) is 0 Å². The van der Waals surface area contributed by atoms with Crippen LogP contribution < -0.4 is 0 Å². The summed E-state index contributed by atoms with van der Waals surface area (Å²) in [6.07, 6.45) is 1.17. The van der Waals surface area contributed by atoms with Crippen LogP contribution in [-0.4, -0.2) is 15.1 Å². The van der Waals surface area contributed by atoms with E-state index in [2.05, 4.69) is 25.9 Å². The van der Waals surface area contributed by atoms with Crippen molar-refractivity contribution >= 4 is 27.3 Å². The average molecular weight is 299 g/mol. The summed E-state index contributed by atoms with van der Waals surface area (Å²) < 4.78 is 1.04. The van der Waals surface area contributed by atoms with Gasteiger partial charge in [0.25, 0.3) is 0 Å². The normalized spacial score (nSPS) is 12.8. The maximum absolute atomic E-state index is 9.49. The van der Waals surface area contributed by atoms with Crippen LogP contribution in [0.5, 0.6) is 0 Å². The Labute approximate surface area is 106 Å². The Kier molecular flexibility index (Phi) is 3.37. The number of nitrogens with zero attached hydrogens (tertiary/aromatic N) is 2. The van der Waals surface area contributed by atoms with E-state index in [-0.39, 0.29) is 0 Å². The van der Waals surface area contributed by atoms with Crippen molar-refractivity contribution in [1.29, 1.82) is 0 Å². The van der Waals surface area contributed by atoms with Gasteiger partial charge in [0.1, 0.15) is 0 Å². The van der Waals surface area contributed by atoms with Gasteiger partial charge in [-0.3, -0.25) is 0 Å². The predicted molar refractivity (Wildman–Crippen MR) is 68.4 cm³/mol. The Hall–Kier alpha value is -0.780. The molecule has 0 saturated carbocycles. The molecule has 0 saturated heterocycles. The summed E-state index contributed by atoms with van der Waals surface area (Å²) in [5.74, 6) is 0.706. The lowest BCUT2D eigenvalue weighted by Crippen LogP contribution is -2.00. The van der Waals surface area contributed by atoms with Crippen LogP contribution in [0.1, 0.15) is 24.3 Å². The summed E-state index contributed by atoms with van der Waals surface area (Å²) in [5.41, 5.74) is 1.60. The van der Waals surface area contributed by atoms with Crippen molar-refractivity contribution in [2.75, 3.05) is 0 Å². The van der Waals surface area contributed by atoms with Gasteiger partial charge in [0.15, 0.2) is 5.82 Å². The second-order valence-corrected chi connectivity index (χ2v) is 5.37. The molecule has 0 amide bonds. The lowest BCUT2D eigenvalue weighted by Gasteiger charge is -2.07. The second-order valence-electron chi connectivity index (χ2n) is 3.54. The van der Waals surface area contributed by atoms with Crippen LogP contribution in [-0.2, 0) is 0 Å². The van der Waals surface area contributed by atoms with Gasteiger partial charge in [-0.1, -0.05) is 0 Å². The molecule has 0 aromatic carbocycles. The molecule has 3 nitrogen and oxygen atoms in total. The first-order valence-corrected chi connectivity index (χ1v) is 6.51. The lowest BCUT2D eigenvalue weighted by atomic mass is 10.1. The summed E-state index contributed by atoms with van der Waals surface area (Å²) in [6.45, 7) is 3.60. The van der Waals surface area contributed by atoms with E-state index >= 15 is 0 Å². The zero-order chi connectivity index (χ0) is 11.7. The van der Waals surface area contributed by atoms with Gasteiger partial charge in [-0.05, 0) is 35.8 Å². The molecule has 2 rings (SSSR count). The number of aliphatic hydroxyl groups is 1. The Morgan fingerprint density at radius 1 is 1.50 bits per heavy atom. The number of thiophene rings is 1. The fourth-order valence-corrected chi connectivity index (χ4v) is 2.80. The summed E-state index contributed by atoms with van der Waals surface area (Å²) in [5, 5.41) is 11.5. The van der Waals surface area contributed by atoms with Gasteiger partial charge >= 0.3 is 0 Å². The van der Waals surface area contributed by atoms with Crippen LogP contribution in [0.4, 0.5) is 0 Å². The molecule has 0 spiro atoms. The highest BCUT2D eigenvalue weighted by Gasteiger charge is 2.10. The summed E-state index contributed by atoms with van der Waals surface area (Å²) in [4.78, 5) is 9.68. The Morgan fingerprint density at radius 2 is 2.25 bits per heavy atom. The second kappa shape index (κ2) is 4.61. The van der Waals surface area contributed by atoms with Crippen molar-refractivity contribution in [3.63, 3.8) is 0 Å². The minimum atomic E-state index is -0.524. The van der Waals surface area contributed by atoms with Crippen molar-refractivity contribution < 1.29 is 5.11 Å². The molecule has 5 heteroatoms. The van der Waals surface area contributed by atoms with E-state index in [1.54, 1.807) is 24.5 Å². The van der Waals surface area contributed by atoms with Crippen molar-refractivity contribution in [1.82, 2.24) is 9.97 Å². The topological polar surface area (TPSA) is 46.0 Å². The van der Waals surface area contributed by atoms with E-state index in [0.29, 0.717) is 5.82 Å². The molecular formula is C11H11BrN2OS.